The lowest BCUT2D eigenvalue weighted by molar-refractivity contribution is -0.147. The Morgan fingerprint density at radius 1 is 1.00 bits per heavy atom. The smallest absolute Gasteiger partial charge is 0.308 e. The van der Waals surface area contributed by atoms with E-state index >= 15 is 0 Å². The number of rotatable bonds is 17. The molecule has 8 nitrogen and oxygen atoms in total. The molecule has 1 unspecified atom stereocenters. The number of carbonyl (C=O) groups is 3. The van der Waals surface area contributed by atoms with Gasteiger partial charge in [0.2, 0.25) is 5.91 Å². The molecule has 1 atom stereocenters. The summed E-state index contributed by atoms with van der Waals surface area (Å²) in [7, 11) is 0. The van der Waals surface area contributed by atoms with Gasteiger partial charge in [-0.25, -0.2) is 0 Å². The number of nitrogens with zero attached hydrogens (tertiary/aromatic N) is 1. The summed E-state index contributed by atoms with van der Waals surface area (Å²) >= 11 is 5.45. The van der Waals surface area contributed by atoms with Crippen LogP contribution in [0.5, 0.6) is 5.75 Å². The van der Waals surface area contributed by atoms with Gasteiger partial charge in [-0.1, -0.05) is 77.7 Å². The molecule has 1 saturated heterocycles. The van der Waals surface area contributed by atoms with Gasteiger partial charge in [0.1, 0.15) is 11.8 Å². The third-order valence-corrected chi connectivity index (χ3v) is 6.84. The molecule has 1 aliphatic rings. The Hall–Kier alpha value is -2.68. The van der Waals surface area contributed by atoms with Gasteiger partial charge in [-0.15, -0.1) is 0 Å². The summed E-state index contributed by atoms with van der Waals surface area (Å²) < 4.78 is 11.0. The number of esters is 1. The van der Waals surface area contributed by atoms with Gasteiger partial charge < -0.3 is 19.7 Å². The highest BCUT2D eigenvalue weighted by atomic mass is 32.1. The first kappa shape index (κ1) is 31.5. The van der Waals surface area contributed by atoms with Crippen LogP contribution >= 0.6 is 12.2 Å². The summed E-state index contributed by atoms with van der Waals surface area (Å²) in [4.78, 5) is 39.4. The molecule has 0 spiro atoms. The van der Waals surface area contributed by atoms with Crippen LogP contribution in [0, 0.1) is 0 Å². The van der Waals surface area contributed by atoms with Crippen molar-refractivity contribution in [3.05, 3.63) is 29.8 Å². The van der Waals surface area contributed by atoms with Gasteiger partial charge in [0, 0.05) is 18.7 Å². The lowest BCUT2D eigenvalue weighted by Crippen LogP contribution is -2.60. The second kappa shape index (κ2) is 18.6. The lowest BCUT2D eigenvalue weighted by Gasteiger charge is -2.36. The molecule has 9 heteroatoms. The Labute approximate surface area is 233 Å². The van der Waals surface area contributed by atoms with Crippen LogP contribution in [-0.2, 0) is 14.3 Å². The molecule has 0 radical (unpaired) electrons. The maximum absolute atomic E-state index is 12.8. The highest BCUT2D eigenvalue weighted by Crippen LogP contribution is 2.15. The number of carbonyl (C=O) groups excluding carboxylic acids is 3. The molecule has 2 N–H and O–H groups in total. The van der Waals surface area contributed by atoms with E-state index in [2.05, 4.69) is 17.6 Å². The van der Waals surface area contributed by atoms with Crippen LogP contribution in [0.3, 0.4) is 0 Å². The maximum atomic E-state index is 12.8. The molecule has 0 bridgehead atoms. The molecule has 2 amide bonds. The fraction of sp³-hybridized carbons (Fsp3) is 0.655. The largest absolute Gasteiger partial charge is 0.494 e. The highest BCUT2D eigenvalue weighted by Gasteiger charge is 2.34. The van der Waals surface area contributed by atoms with Gasteiger partial charge in [-0.05, 0) is 43.3 Å². The van der Waals surface area contributed by atoms with E-state index in [0.29, 0.717) is 37.6 Å². The molecule has 1 aliphatic heterocycles. The van der Waals surface area contributed by atoms with Gasteiger partial charge in [0.15, 0.2) is 5.11 Å². The number of ether oxygens (including phenoxy) is 2. The Bertz CT molecular complexity index is 895. The van der Waals surface area contributed by atoms with Crippen LogP contribution in [0.25, 0.3) is 0 Å². The number of hydrogen-bond acceptors (Lipinski definition) is 6. The first-order valence-corrected chi connectivity index (χ1v) is 14.6. The zero-order chi connectivity index (χ0) is 27.6. The molecule has 1 fully saturated rings. The van der Waals surface area contributed by atoms with Crippen LogP contribution in [0.1, 0.15) is 101 Å². The van der Waals surface area contributed by atoms with Crippen molar-refractivity contribution in [2.24, 2.45) is 0 Å². The number of nitrogens with one attached hydrogen (secondary N) is 2. The van der Waals surface area contributed by atoms with Crippen molar-refractivity contribution in [2.45, 2.75) is 96.9 Å². The topological polar surface area (TPSA) is 97.0 Å². The number of thiocarbonyl (C=S) groups is 1. The van der Waals surface area contributed by atoms with Crippen molar-refractivity contribution in [3.63, 3.8) is 0 Å². The molecular weight excluding hydrogens is 502 g/mol. The zero-order valence-electron chi connectivity index (χ0n) is 23.1. The number of benzene rings is 1. The van der Waals surface area contributed by atoms with Crippen LogP contribution in [0.2, 0.25) is 0 Å². The zero-order valence-corrected chi connectivity index (χ0v) is 23.9. The minimum Gasteiger partial charge on any atom is -0.494 e. The van der Waals surface area contributed by atoms with Gasteiger partial charge in [-0.3, -0.25) is 19.7 Å². The molecule has 1 aromatic rings. The van der Waals surface area contributed by atoms with E-state index in [-0.39, 0.29) is 17.4 Å². The van der Waals surface area contributed by atoms with E-state index in [9.17, 15) is 14.4 Å². The van der Waals surface area contributed by atoms with E-state index in [1.165, 1.54) is 44.9 Å². The van der Waals surface area contributed by atoms with Crippen molar-refractivity contribution in [2.75, 3.05) is 26.3 Å². The second-order valence-electron chi connectivity index (χ2n) is 9.74. The predicted molar refractivity (Wildman–Crippen MR) is 153 cm³/mol. The summed E-state index contributed by atoms with van der Waals surface area (Å²) in [5, 5.41) is 5.57. The normalized spacial score (nSPS) is 15.1. The SMILES string of the molecule is CCCCCCCCCCCCOC(=O)CC1C(=O)NCCN1C(=S)NC(=O)c1cccc(OCCC)c1. The van der Waals surface area contributed by atoms with Crippen molar-refractivity contribution >= 4 is 35.1 Å². The van der Waals surface area contributed by atoms with Crippen molar-refractivity contribution in [3.8, 4) is 5.75 Å². The first-order valence-electron chi connectivity index (χ1n) is 14.2. The lowest BCUT2D eigenvalue weighted by atomic mass is 10.1. The van der Waals surface area contributed by atoms with E-state index in [1.54, 1.807) is 29.2 Å². The van der Waals surface area contributed by atoms with Crippen molar-refractivity contribution in [1.29, 1.82) is 0 Å². The minimum atomic E-state index is -0.823. The number of unbranched alkanes of at least 4 members (excludes halogenated alkanes) is 9. The predicted octanol–water partition coefficient (Wildman–Crippen LogP) is 5.14. The molecule has 1 heterocycles. The van der Waals surface area contributed by atoms with E-state index in [4.69, 9.17) is 21.7 Å². The summed E-state index contributed by atoms with van der Waals surface area (Å²) in [6.45, 7) is 5.91. The maximum Gasteiger partial charge on any atom is 0.308 e. The fourth-order valence-corrected chi connectivity index (χ4v) is 4.65. The molecule has 0 saturated carbocycles. The van der Waals surface area contributed by atoms with Crippen LogP contribution in [0.15, 0.2) is 24.3 Å². The van der Waals surface area contributed by atoms with Gasteiger partial charge >= 0.3 is 5.97 Å². The van der Waals surface area contributed by atoms with Gasteiger partial charge in [0.25, 0.3) is 5.91 Å². The van der Waals surface area contributed by atoms with Crippen LogP contribution < -0.4 is 15.4 Å². The summed E-state index contributed by atoms with van der Waals surface area (Å²) in [6, 6.07) is 6.03. The number of amides is 2. The second-order valence-corrected chi connectivity index (χ2v) is 10.1. The van der Waals surface area contributed by atoms with Crippen molar-refractivity contribution in [1.82, 2.24) is 15.5 Å². The Kier molecular flexibility index (Phi) is 15.4. The molecule has 2 rings (SSSR count). The highest BCUT2D eigenvalue weighted by molar-refractivity contribution is 7.80. The number of hydrogen-bond donors (Lipinski definition) is 2. The third kappa shape index (κ3) is 11.8. The summed E-state index contributed by atoms with van der Waals surface area (Å²) in [6.07, 6.45) is 12.8. The van der Waals surface area contributed by atoms with Crippen LogP contribution in [-0.4, -0.2) is 60.1 Å². The number of piperazine rings is 1. The molecule has 0 aliphatic carbocycles. The fourth-order valence-electron chi connectivity index (χ4n) is 4.34. The molecule has 212 valence electrons. The third-order valence-electron chi connectivity index (χ3n) is 6.50. The Morgan fingerprint density at radius 2 is 1.68 bits per heavy atom. The van der Waals surface area contributed by atoms with Crippen molar-refractivity contribution < 1.29 is 23.9 Å². The summed E-state index contributed by atoms with van der Waals surface area (Å²) in [5.74, 6) is -0.544. The standard InChI is InChI=1S/C29H45N3O5S/c1-3-5-6-7-8-9-10-11-12-13-20-37-26(33)22-25-28(35)30-17-18-32(25)29(38)31-27(34)23-15-14-16-24(21-23)36-19-4-2/h14-16,21,25H,3-13,17-20,22H2,1-2H3,(H,30,35)(H,31,34,38). The van der Waals surface area contributed by atoms with E-state index in [1.807, 2.05) is 6.92 Å². The Balaban J connectivity index is 1.75. The first-order chi connectivity index (χ1) is 18.5. The summed E-state index contributed by atoms with van der Waals surface area (Å²) in [5.41, 5.74) is 0.398. The molecule has 0 aromatic heterocycles. The molecular formula is C29H45N3O5S. The molecule has 38 heavy (non-hydrogen) atoms. The van der Waals surface area contributed by atoms with Crippen LogP contribution in [0.4, 0.5) is 0 Å². The van der Waals surface area contributed by atoms with Gasteiger partial charge in [-0.2, -0.15) is 0 Å². The van der Waals surface area contributed by atoms with E-state index < -0.39 is 17.9 Å². The molecule has 1 aromatic carbocycles. The monoisotopic (exact) mass is 547 g/mol. The van der Waals surface area contributed by atoms with E-state index in [0.717, 1.165) is 25.7 Å². The average Bonchev–Trinajstić information content (AvgIpc) is 2.91. The minimum absolute atomic E-state index is 0.109. The Morgan fingerprint density at radius 3 is 2.37 bits per heavy atom. The average molecular weight is 548 g/mol. The quantitative estimate of drug-likeness (QED) is 0.158. The van der Waals surface area contributed by atoms with Gasteiger partial charge in [0.05, 0.1) is 19.6 Å².